The van der Waals surface area contributed by atoms with Gasteiger partial charge in [0.15, 0.2) is 0 Å². The standard InChI is InChI=1S/C19H25NO2.ClH/c1-19(22,16-10-7-11-18(21)13-16)17(14-20(2)3)12-15-8-5-4-6-9-15;/h4-11,13,17,21-22H,12,14H2,1-3H3;1H. The molecule has 2 N–H and O–H groups in total. The molecule has 3 nitrogen and oxygen atoms in total. The maximum atomic E-state index is 11.1. The van der Waals surface area contributed by atoms with E-state index >= 15 is 0 Å². The Morgan fingerprint density at radius 1 is 1.04 bits per heavy atom. The van der Waals surface area contributed by atoms with Crippen molar-refractivity contribution in [3.8, 4) is 5.75 Å². The van der Waals surface area contributed by atoms with Crippen LogP contribution in [0.1, 0.15) is 18.1 Å². The Labute approximate surface area is 145 Å². The molecule has 0 heterocycles. The molecule has 0 spiro atoms. The summed E-state index contributed by atoms with van der Waals surface area (Å²) in [4.78, 5) is 2.09. The highest BCUT2D eigenvalue weighted by molar-refractivity contribution is 5.85. The van der Waals surface area contributed by atoms with E-state index in [1.54, 1.807) is 18.2 Å². The molecule has 0 amide bonds. The lowest BCUT2D eigenvalue weighted by Crippen LogP contribution is -2.39. The molecular weight excluding hydrogens is 310 g/mol. The number of nitrogens with zero attached hydrogens (tertiary/aromatic N) is 1. The zero-order chi connectivity index (χ0) is 16.2. The summed E-state index contributed by atoms with van der Waals surface area (Å²) in [5, 5.41) is 20.9. The van der Waals surface area contributed by atoms with Crippen LogP contribution in [0, 0.1) is 5.92 Å². The molecule has 0 radical (unpaired) electrons. The predicted octanol–water partition coefficient (Wildman–Crippen LogP) is 3.44. The fraction of sp³-hybridized carbons (Fsp3) is 0.368. The molecule has 2 atom stereocenters. The summed E-state index contributed by atoms with van der Waals surface area (Å²) in [7, 11) is 4.02. The first-order valence-corrected chi connectivity index (χ1v) is 7.60. The molecule has 2 rings (SSSR count). The third kappa shape index (κ3) is 5.24. The second kappa shape index (κ2) is 8.34. The molecule has 4 heteroatoms. The van der Waals surface area contributed by atoms with E-state index < -0.39 is 5.60 Å². The number of phenols is 1. The van der Waals surface area contributed by atoms with E-state index in [2.05, 4.69) is 17.0 Å². The van der Waals surface area contributed by atoms with Crippen LogP contribution in [0.15, 0.2) is 54.6 Å². The normalized spacial score (nSPS) is 14.8. The third-order valence-electron chi connectivity index (χ3n) is 4.14. The van der Waals surface area contributed by atoms with Gasteiger partial charge in [-0.15, -0.1) is 12.4 Å². The lowest BCUT2D eigenvalue weighted by atomic mass is 9.79. The predicted molar refractivity (Wildman–Crippen MR) is 97.1 cm³/mol. The minimum absolute atomic E-state index is 0. The van der Waals surface area contributed by atoms with E-state index in [1.165, 1.54) is 5.56 Å². The van der Waals surface area contributed by atoms with Gasteiger partial charge in [0.1, 0.15) is 5.75 Å². The highest BCUT2D eigenvalue weighted by Crippen LogP contribution is 2.33. The maximum Gasteiger partial charge on any atom is 0.115 e. The number of hydrogen-bond acceptors (Lipinski definition) is 3. The Morgan fingerprint density at radius 3 is 2.26 bits per heavy atom. The van der Waals surface area contributed by atoms with Gasteiger partial charge < -0.3 is 15.1 Å². The summed E-state index contributed by atoms with van der Waals surface area (Å²) in [5.41, 5.74) is 0.934. The van der Waals surface area contributed by atoms with Gasteiger partial charge >= 0.3 is 0 Å². The summed E-state index contributed by atoms with van der Waals surface area (Å²) in [6.07, 6.45) is 0.779. The molecule has 0 aromatic heterocycles. The first-order valence-electron chi connectivity index (χ1n) is 7.60. The van der Waals surface area contributed by atoms with Crippen molar-refractivity contribution in [2.75, 3.05) is 20.6 Å². The Hall–Kier alpha value is -1.55. The number of rotatable bonds is 6. The molecule has 0 aliphatic rings. The van der Waals surface area contributed by atoms with Gasteiger partial charge in [-0.25, -0.2) is 0 Å². The minimum Gasteiger partial charge on any atom is -0.508 e. The first kappa shape index (κ1) is 19.5. The lowest BCUT2D eigenvalue weighted by Gasteiger charge is -2.35. The summed E-state index contributed by atoms with van der Waals surface area (Å²) in [5.74, 6) is 0.202. The lowest BCUT2D eigenvalue weighted by molar-refractivity contribution is -0.0159. The summed E-state index contributed by atoms with van der Waals surface area (Å²) >= 11 is 0. The van der Waals surface area contributed by atoms with Crippen LogP contribution in [-0.4, -0.2) is 35.8 Å². The van der Waals surface area contributed by atoms with Crippen molar-refractivity contribution in [3.05, 3.63) is 65.7 Å². The maximum absolute atomic E-state index is 11.1. The van der Waals surface area contributed by atoms with Crippen LogP contribution in [0.2, 0.25) is 0 Å². The van der Waals surface area contributed by atoms with Crippen molar-refractivity contribution >= 4 is 12.4 Å². The molecular formula is C19H26ClNO2. The Balaban J connectivity index is 0.00000264. The molecule has 0 saturated carbocycles. The molecule has 2 aromatic carbocycles. The summed E-state index contributed by atoms with van der Waals surface area (Å²) < 4.78 is 0. The van der Waals surface area contributed by atoms with Gasteiger partial charge in [-0.3, -0.25) is 0 Å². The van der Waals surface area contributed by atoms with Gasteiger partial charge in [-0.05, 0) is 50.7 Å². The van der Waals surface area contributed by atoms with Gasteiger partial charge in [0.25, 0.3) is 0 Å². The Kier molecular flexibility index (Phi) is 7.07. The number of phenolic OH excluding ortho intramolecular Hbond substituents is 1. The van der Waals surface area contributed by atoms with Crippen molar-refractivity contribution in [2.45, 2.75) is 18.9 Å². The van der Waals surface area contributed by atoms with Crippen LogP contribution in [0.3, 0.4) is 0 Å². The SMILES string of the molecule is CN(C)CC(Cc1ccccc1)C(C)(O)c1cccc(O)c1.Cl. The van der Waals surface area contributed by atoms with E-state index in [9.17, 15) is 10.2 Å². The molecule has 0 saturated heterocycles. The monoisotopic (exact) mass is 335 g/mol. The van der Waals surface area contributed by atoms with Crippen molar-refractivity contribution in [1.29, 1.82) is 0 Å². The highest BCUT2D eigenvalue weighted by Gasteiger charge is 2.34. The zero-order valence-electron chi connectivity index (χ0n) is 13.9. The molecule has 126 valence electrons. The summed E-state index contributed by atoms with van der Waals surface area (Å²) in [6, 6.07) is 17.1. The first-order chi connectivity index (χ1) is 10.4. The Bertz CT molecular complexity index is 599. The topological polar surface area (TPSA) is 43.7 Å². The van der Waals surface area contributed by atoms with Crippen molar-refractivity contribution in [3.63, 3.8) is 0 Å². The minimum atomic E-state index is -1.02. The second-order valence-corrected chi connectivity index (χ2v) is 6.35. The van der Waals surface area contributed by atoms with Gasteiger partial charge in [-0.1, -0.05) is 42.5 Å². The number of aromatic hydroxyl groups is 1. The average Bonchev–Trinajstić information content (AvgIpc) is 2.47. The molecule has 0 fully saturated rings. The fourth-order valence-electron chi connectivity index (χ4n) is 2.84. The van der Waals surface area contributed by atoms with Crippen LogP contribution >= 0.6 is 12.4 Å². The van der Waals surface area contributed by atoms with E-state index in [4.69, 9.17) is 0 Å². The summed E-state index contributed by atoms with van der Waals surface area (Å²) in [6.45, 7) is 2.59. The number of benzene rings is 2. The van der Waals surface area contributed by atoms with Crippen LogP contribution in [0.5, 0.6) is 5.75 Å². The molecule has 0 bridgehead atoms. The van der Waals surface area contributed by atoms with Gasteiger partial charge in [0.05, 0.1) is 5.60 Å². The van der Waals surface area contributed by atoms with Gasteiger partial charge in [0.2, 0.25) is 0 Å². The Morgan fingerprint density at radius 2 is 1.70 bits per heavy atom. The molecule has 2 aromatic rings. The van der Waals surface area contributed by atoms with Crippen LogP contribution in [-0.2, 0) is 12.0 Å². The highest BCUT2D eigenvalue weighted by atomic mass is 35.5. The third-order valence-corrected chi connectivity index (χ3v) is 4.14. The van der Waals surface area contributed by atoms with Crippen molar-refractivity contribution in [1.82, 2.24) is 4.90 Å². The van der Waals surface area contributed by atoms with Crippen LogP contribution in [0.25, 0.3) is 0 Å². The van der Waals surface area contributed by atoms with Gasteiger partial charge in [-0.2, -0.15) is 0 Å². The second-order valence-electron chi connectivity index (χ2n) is 6.35. The molecule has 0 aliphatic heterocycles. The zero-order valence-corrected chi connectivity index (χ0v) is 14.8. The van der Waals surface area contributed by atoms with Crippen LogP contribution < -0.4 is 0 Å². The van der Waals surface area contributed by atoms with Crippen molar-refractivity contribution in [2.24, 2.45) is 5.92 Å². The fourth-order valence-corrected chi connectivity index (χ4v) is 2.84. The molecule has 23 heavy (non-hydrogen) atoms. The van der Waals surface area contributed by atoms with E-state index in [1.807, 2.05) is 45.3 Å². The van der Waals surface area contributed by atoms with E-state index in [0.717, 1.165) is 18.5 Å². The number of halogens is 1. The largest absolute Gasteiger partial charge is 0.508 e. The quantitative estimate of drug-likeness (QED) is 0.850. The molecule has 2 unspecified atom stereocenters. The van der Waals surface area contributed by atoms with Crippen LogP contribution in [0.4, 0.5) is 0 Å². The van der Waals surface area contributed by atoms with Crippen molar-refractivity contribution < 1.29 is 10.2 Å². The average molecular weight is 336 g/mol. The van der Waals surface area contributed by atoms with E-state index in [0.29, 0.717) is 0 Å². The number of aliphatic hydroxyl groups is 1. The molecule has 0 aliphatic carbocycles. The van der Waals surface area contributed by atoms with E-state index in [-0.39, 0.29) is 24.1 Å². The smallest absolute Gasteiger partial charge is 0.115 e. The number of hydrogen-bond donors (Lipinski definition) is 2. The van der Waals surface area contributed by atoms with Gasteiger partial charge in [0, 0.05) is 12.5 Å².